The van der Waals surface area contributed by atoms with Crippen molar-refractivity contribution < 1.29 is 10.2 Å². The van der Waals surface area contributed by atoms with Gasteiger partial charge in [0, 0.05) is 44.0 Å². The van der Waals surface area contributed by atoms with Gasteiger partial charge in [-0.15, -0.1) is 0 Å². The van der Waals surface area contributed by atoms with Crippen LogP contribution in [0.3, 0.4) is 0 Å². The molecule has 2 fully saturated rings. The first-order valence-electron chi connectivity index (χ1n) is 17.1. The summed E-state index contributed by atoms with van der Waals surface area (Å²) in [7, 11) is 0. The Labute approximate surface area is 273 Å². The van der Waals surface area contributed by atoms with Gasteiger partial charge in [0.25, 0.3) is 0 Å². The Kier molecular flexibility index (Phi) is 6.23. The molecule has 6 rings (SSSR count). The minimum absolute atomic E-state index is 0.0938. The van der Waals surface area contributed by atoms with Gasteiger partial charge in [-0.2, -0.15) is 0 Å². The van der Waals surface area contributed by atoms with Crippen molar-refractivity contribution in [2.45, 2.75) is 119 Å². The third kappa shape index (κ3) is 3.22. The first kappa shape index (κ1) is 32.4. The highest BCUT2D eigenvalue weighted by Crippen LogP contribution is 2.89. The second-order valence-corrected chi connectivity index (χ2v) is 18.8. The van der Waals surface area contributed by atoms with E-state index in [0.717, 1.165) is 16.7 Å². The third-order valence-corrected chi connectivity index (χ3v) is 15.4. The monoisotopic (exact) mass is 606 g/mol. The Hall–Kier alpha value is -2.58. The molecule has 0 amide bonds. The molecule has 0 aliphatic heterocycles. The fourth-order valence-electron chi connectivity index (χ4n) is 12.1. The summed E-state index contributed by atoms with van der Waals surface area (Å²) in [6, 6.07) is 4.36. The topological polar surface area (TPSA) is 40.5 Å². The quantitative estimate of drug-likeness (QED) is 0.334. The summed E-state index contributed by atoms with van der Waals surface area (Å²) in [6.07, 6.45) is 25.4. The van der Waals surface area contributed by atoms with E-state index in [2.05, 4.69) is 170 Å². The van der Waals surface area contributed by atoms with Gasteiger partial charge in [-0.05, 0) is 45.9 Å². The van der Waals surface area contributed by atoms with Crippen molar-refractivity contribution in [1.29, 1.82) is 0 Å². The van der Waals surface area contributed by atoms with Crippen molar-refractivity contribution in [2.24, 2.45) is 38.4 Å². The molecule has 2 nitrogen and oxygen atoms in total. The van der Waals surface area contributed by atoms with E-state index >= 15 is 0 Å². The van der Waals surface area contributed by atoms with Crippen LogP contribution in [0.25, 0.3) is 0 Å². The van der Waals surface area contributed by atoms with Gasteiger partial charge in [-0.25, -0.2) is 0 Å². The molecule has 2 heteroatoms. The van der Waals surface area contributed by atoms with Gasteiger partial charge in [-0.3, -0.25) is 0 Å². The molecule has 0 bridgehead atoms. The summed E-state index contributed by atoms with van der Waals surface area (Å²) in [6.45, 7) is 32.5. The van der Waals surface area contributed by atoms with Gasteiger partial charge in [0.1, 0.15) is 5.75 Å². The summed E-state index contributed by atoms with van der Waals surface area (Å²) in [5.41, 5.74) is -0.0170. The number of hydrogen-bond acceptors (Lipinski definition) is 2. The SMILES string of the molecule is CC(C)(C)c1cc(O)c(C2(C)C=CC=C3C2C2(C)C4(C)C=CC=CC4(C)C4(C)C=CC=CC4(C)C2(C)C3(C)O)c(C(C)(C)C)c1. The van der Waals surface area contributed by atoms with Crippen molar-refractivity contribution in [3.8, 4) is 5.75 Å². The van der Waals surface area contributed by atoms with Gasteiger partial charge >= 0.3 is 0 Å². The zero-order valence-corrected chi connectivity index (χ0v) is 30.5. The molecule has 2 saturated carbocycles. The fourth-order valence-corrected chi connectivity index (χ4v) is 12.1. The molecule has 1 aromatic rings. The summed E-state index contributed by atoms with van der Waals surface area (Å²) >= 11 is 0. The van der Waals surface area contributed by atoms with Crippen LogP contribution in [-0.2, 0) is 16.2 Å². The second kappa shape index (κ2) is 8.66. The van der Waals surface area contributed by atoms with Crippen LogP contribution in [0.4, 0.5) is 0 Å². The van der Waals surface area contributed by atoms with Gasteiger partial charge in [0.15, 0.2) is 0 Å². The largest absolute Gasteiger partial charge is 0.508 e. The van der Waals surface area contributed by atoms with E-state index in [1.807, 2.05) is 6.07 Å². The lowest BCUT2D eigenvalue weighted by Crippen LogP contribution is -2.77. The number of benzene rings is 1. The molecule has 0 radical (unpaired) electrons. The van der Waals surface area contributed by atoms with E-state index in [0.29, 0.717) is 5.75 Å². The van der Waals surface area contributed by atoms with Crippen molar-refractivity contribution in [3.05, 3.63) is 101 Å². The molecular formula is C43H58O2. The normalized spacial score (nSPS) is 46.4. The van der Waals surface area contributed by atoms with E-state index < -0.39 is 27.3 Å². The highest BCUT2D eigenvalue weighted by molar-refractivity contribution is 5.61. The lowest BCUT2D eigenvalue weighted by molar-refractivity contribution is -0.290. The van der Waals surface area contributed by atoms with Gasteiger partial charge in [0.2, 0.25) is 0 Å². The summed E-state index contributed by atoms with van der Waals surface area (Å²) < 4.78 is 0. The van der Waals surface area contributed by atoms with Crippen LogP contribution in [0.1, 0.15) is 114 Å². The van der Waals surface area contributed by atoms with Crippen molar-refractivity contribution >= 4 is 0 Å². The van der Waals surface area contributed by atoms with Gasteiger partial charge in [-0.1, -0.05) is 163 Å². The summed E-state index contributed by atoms with van der Waals surface area (Å²) in [5, 5.41) is 25.7. The Morgan fingerprint density at radius 2 is 1.09 bits per heavy atom. The number of fused-ring (bicyclic) bond motifs is 8. The minimum atomic E-state index is -1.13. The van der Waals surface area contributed by atoms with E-state index in [4.69, 9.17) is 0 Å². The molecule has 0 spiro atoms. The summed E-state index contributed by atoms with van der Waals surface area (Å²) in [4.78, 5) is 0. The lowest BCUT2D eigenvalue weighted by atomic mass is 9.23. The average molecular weight is 607 g/mol. The van der Waals surface area contributed by atoms with Crippen molar-refractivity contribution in [1.82, 2.24) is 0 Å². The summed E-state index contributed by atoms with van der Waals surface area (Å²) in [5.74, 6) is 0.264. The zero-order chi connectivity index (χ0) is 33.7. The number of allylic oxidation sites excluding steroid dienone is 11. The predicted molar refractivity (Wildman–Crippen MR) is 189 cm³/mol. The van der Waals surface area contributed by atoms with E-state index in [-0.39, 0.29) is 33.0 Å². The Bertz CT molecular complexity index is 1660. The standard InChI is InChI=1S/C43H58O2/c1-34(2,3)28-26-30(35(4,5)6)32(31(44)27-28)36(7)21-19-20-29-33(36)41(12)39(10)24-17-15-22-37(39,8)38(9)23-16-18-25-40(38,11)43(41,14)42(29,13)45/h15-27,33,44-45H,1-14H3. The van der Waals surface area contributed by atoms with Crippen LogP contribution in [0, 0.1) is 38.4 Å². The zero-order valence-electron chi connectivity index (χ0n) is 30.5. The highest BCUT2D eigenvalue weighted by atomic mass is 16.3. The molecular weight excluding hydrogens is 548 g/mol. The van der Waals surface area contributed by atoms with Crippen LogP contribution in [-0.4, -0.2) is 15.8 Å². The van der Waals surface area contributed by atoms with E-state index in [1.165, 1.54) is 5.56 Å². The van der Waals surface area contributed by atoms with Gasteiger partial charge < -0.3 is 10.2 Å². The highest BCUT2D eigenvalue weighted by Gasteiger charge is 2.87. The van der Waals surface area contributed by atoms with Crippen LogP contribution in [0.15, 0.2) is 84.5 Å². The maximum atomic E-state index is 13.4. The minimum Gasteiger partial charge on any atom is -0.508 e. The number of phenolic OH excluding ortho intramolecular Hbond substituents is 1. The Morgan fingerprint density at radius 1 is 0.600 bits per heavy atom. The Morgan fingerprint density at radius 3 is 1.60 bits per heavy atom. The molecule has 9 atom stereocenters. The smallest absolute Gasteiger partial charge is 0.120 e. The van der Waals surface area contributed by atoms with E-state index in [9.17, 15) is 10.2 Å². The molecule has 5 aliphatic rings. The number of aromatic hydroxyl groups is 1. The average Bonchev–Trinajstić information content (AvgIpc) is 3.07. The maximum absolute atomic E-state index is 13.4. The lowest BCUT2D eigenvalue weighted by Gasteiger charge is -2.79. The van der Waals surface area contributed by atoms with Crippen LogP contribution in [0.2, 0.25) is 0 Å². The first-order valence-corrected chi connectivity index (χ1v) is 17.1. The van der Waals surface area contributed by atoms with Crippen molar-refractivity contribution in [3.63, 3.8) is 0 Å². The van der Waals surface area contributed by atoms with Crippen LogP contribution in [0.5, 0.6) is 5.75 Å². The van der Waals surface area contributed by atoms with Gasteiger partial charge in [0.05, 0.1) is 5.60 Å². The maximum Gasteiger partial charge on any atom is 0.120 e. The molecule has 5 aliphatic carbocycles. The molecule has 242 valence electrons. The fraction of sp³-hybridized carbons (Fsp3) is 0.581. The van der Waals surface area contributed by atoms with E-state index in [1.54, 1.807) is 0 Å². The molecule has 45 heavy (non-hydrogen) atoms. The number of aliphatic hydroxyl groups is 1. The molecule has 2 N–H and O–H groups in total. The van der Waals surface area contributed by atoms with Crippen LogP contribution >= 0.6 is 0 Å². The first-order chi connectivity index (χ1) is 20.4. The van der Waals surface area contributed by atoms with Crippen molar-refractivity contribution in [2.75, 3.05) is 0 Å². The Balaban J connectivity index is 1.77. The number of rotatable bonds is 1. The molecule has 1 aromatic carbocycles. The number of phenols is 1. The second-order valence-electron chi connectivity index (χ2n) is 18.8. The predicted octanol–water partition coefficient (Wildman–Crippen LogP) is 10.4. The van der Waals surface area contributed by atoms with Crippen LogP contribution < -0.4 is 0 Å². The third-order valence-electron chi connectivity index (χ3n) is 15.4. The molecule has 0 saturated heterocycles. The molecule has 0 aromatic heterocycles. The molecule has 0 heterocycles. The molecule has 9 unspecified atom stereocenters. The number of hydrogen-bond donors (Lipinski definition) is 2.